The maximum atomic E-state index is 12.8. The van der Waals surface area contributed by atoms with Gasteiger partial charge >= 0.3 is 6.18 Å². The molecule has 0 unspecified atom stereocenters. The molecule has 10 heteroatoms. The predicted octanol–water partition coefficient (Wildman–Crippen LogP) is 2.64. The van der Waals surface area contributed by atoms with Crippen molar-refractivity contribution in [2.24, 2.45) is 0 Å². The van der Waals surface area contributed by atoms with Crippen LogP contribution in [0.3, 0.4) is 0 Å². The maximum absolute atomic E-state index is 12.8. The minimum absolute atomic E-state index is 0.121. The summed E-state index contributed by atoms with van der Waals surface area (Å²) in [6.45, 7) is 1.73. The molecule has 0 aliphatic heterocycles. The van der Waals surface area contributed by atoms with Crippen LogP contribution >= 0.6 is 0 Å². The molecule has 3 aromatic heterocycles. The number of nitrogens with zero attached hydrogens (tertiary/aromatic N) is 5. The Labute approximate surface area is 139 Å². The van der Waals surface area contributed by atoms with Crippen LogP contribution in [0.15, 0.2) is 42.9 Å². The molecule has 0 saturated carbocycles. The van der Waals surface area contributed by atoms with Gasteiger partial charge in [-0.15, -0.1) is 5.10 Å². The highest BCUT2D eigenvalue weighted by Crippen LogP contribution is 2.30. The fraction of sp³-hybridized carbons (Fsp3) is 0.133. The Balaban J connectivity index is 1.93. The Morgan fingerprint density at radius 2 is 2.00 bits per heavy atom. The molecule has 0 aliphatic carbocycles. The minimum atomic E-state index is -4.53. The Morgan fingerprint density at radius 1 is 1.20 bits per heavy atom. The van der Waals surface area contributed by atoms with E-state index >= 15 is 0 Å². The lowest BCUT2D eigenvalue weighted by atomic mass is 10.2. The highest BCUT2D eigenvalue weighted by Gasteiger charge is 2.31. The summed E-state index contributed by atoms with van der Waals surface area (Å²) in [7, 11) is 0. The van der Waals surface area contributed by atoms with Gasteiger partial charge < -0.3 is 5.32 Å². The van der Waals surface area contributed by atoms with Gasteiger partial charge in [0.2, 0.25) is 0 Å². The van der Waals surface area contributed by atoms with Gasteiger partial charge in [-0.2, -0.15) is 13.2 Å². The molecule has 0 bridgehead atoms. The summed E-state index contributed by atoms with van der Waals surface area (Å²) in [5, 5.41) is 9.78. The highest BCUT2D eigenvalue weighted by atomic mass is 19.4. The molecule has 3 heterocycles. The van der Waals surface area contributed by atoms with E-state index in [2.05, 4.69) is 25.6 Å². The van der Waals surface area contributed by atoms with Gasteiger partial charge in [0.1, 0.15) is 5.82 Å². The van der Waals surface area contributed by atoms with E-state index < -0.39 is 17.6 Å². The van der Waals surface area contributed by atoms with Gasteiger partial charge in [-0.25, -0.2) is 14.6 Å². The third kappa shape index (κ3) is 3.62. The van der Waals surface area contributed by atoms with Crippen LogP contribution in [0.2, 0.25) is 0 Å². The number of aryl methyl sites for hydroxylation is 1. The van der Waals surface area contributed by atoms with Crippen LogP contribution in [-0.4, -0.2) is 30.9 Å². The third-order valence-corrected chi connectivity index (χ3v) is 3.23. The van der Waals surface area contributed by atoms with E-state index in [9.17, 15) is 18.0 Å². The van der Waals surface area contributed by atoms with E-state index in [1.54, 1.807) is 13.0 Å². The van der Waals surface area contributed by atoms with Gasteiger partial charge in [0.15, 0.2) is 5.82 Å². The Bertz CT molecular complexity index is 908. The van der Waals surface area contributed by atoms with Crippen molar-refractivity contribution >= 4 is 11.7 Å². The molecule has 0 saturated heterocycles. The van der Waals surface area contributed by atoms with Gasteiger partial charge in [-0.3, -0.25) is 4.79 Å². The number of aromatic nitrogens is 5. The molecular weight excluding hydrogens is 337 g/mol. The molecule has 1 amide bonds. The van der Waals surface area contributed by atoms with Gasteiger partial charge in [0.25, 0.3) is 5.91 Å². The van der Waals surface area contributed by atoms with E-state index in [0.29, 0.717) is 5.69 Å². The van der Waals surface area contributed by atoms with E-state index in [-0.39, 0.29) is 17.2 Å². The molecule has 0 atom stereocenters. The molecule has 3 rings (SSSR count). The second kappa shape index (κ2) is 6.30. The van der Waals surface area contributed by atoms with E-state index in [1.807, 2.05) is 0 Å². The number of halogens is 3. The molecule has 0 fully saturated rings. The number of carbonyl (C=O) groups excluding carboxylic acids is 1. The quantitative estimate of drug-likeness (QED) is 0.786. The van der Waals surface area contributed by atoms with E-state index in [4.69, 9.17) is 0 Å². The summed E-state index contributed by atoms with van der Waals surface area (Å²) in [5.74, 6) is -0.670. The predicted molar refractivity (Wildman–Crippen MR) is 81.1 cm³/mol. The zero-order valence-electron chi connectivity index (χ0n) is 12.8. The van der Waals surface area contributed by atoms with Gasteiger partial charge in [0, 0.05) is 11.9 Å². The summed E-state index contributed by atoms with van der Waals surface area (Å²) in [6.07, 6.45) is -0.634. The molecule has 0 spiro atoms. The number of amides is 1. The Morgan fingerprint density at radius 3 is 2.68 bits per heavy atom. The van der Waals surface area contributed by atoms with Crippen molar-refractivity contribution in [2.75, 3.05) is 5.32 Å². The van der Waals surface area contributed by atoms with Crippen LogP contribution in [0.25, 0.3) is 5.82 Å². The van der Waals surface area contributed by atoms with Crippen molar-refractivity contribution in [3.63, 3.8) is 0 Å². The van der Waals surface area contributed by atoms with Crippen LogP contribution in [0.4, 0.5) is 19.0 Å². The van der Waals surface area contributed by atoms with Gasteiger partial charge in [-0.1, -0.05) is 5.21 Å². The summed E-state index contributed by atoms with van der Waals surface area (Å²) < 4.78 is 39.6. The van der Waals surface area contributed by atoms with Crippen molar-refractivity contribution in [1.29, 1.82) is 0 Å². The van der Waals surface area contributed by atoms with Crippen LogP contribution in [0.1, 0.15) is 21.6 Å². The fourth-order valence-electron chi connectivity index (χ4n) is 2.07. The minimum Gasteiger partial charge on any atom is -0.306 e. The molecule has 128 valence electrons. The largest absolute Gasteiger partial charge is 0.416 e. The summed E-state index contributed by atoms with van der Waals surface area (Å²) in [5.41, 5.74) is -0.147. The van der Waals surface area contributed by atoms with Gasteiger partial charge in [-0.05, 0) is 31.2 Å². The average Bonchev–Trinajstić information content (AvgIpc) is 3.08. The first-order valence-electron chi connectivity index (χ1n) is 7.03. The second-order valence-electron chi connectivity index (χ2n) is 5.05. The zero-order chi connectivity index (χ0) is 18.0. The number of pyridine rings is 2. The van der Waals surface area contributed by atoms with Gasteiger partial charge in [0.05, 0.1) is 23.5 Å². The first kappa shape index (κ1) is 16.6. The Hall–Kier alpha value is -3.30. The molecule has 0 aromatic carbocycles. The molecule has 0 aliphatic rings. The summed E-state index contributed by atoms with van der Waals surface area (Å²) in [6, 6.07) is 4.69. The van der Waals surface area contributed by atoms with Crippen molar-refractivity contribution in [2.45, 2.75) is 13.1 Å². The van der Waals surface area contributed by atoms with Crippen LogP contribution in [0, 0.1) is 6.92 Å². The van der Waals surface area contributed by atoms with Crippen LogP contribution in [0.5, 0.6) is 0 Å². The highest BCUT2D eigenvalue weighted by molar-refractivity contribution is 6.05. The van der Waals surface area contributed by atoms with Crippen molar-refractivity contribution in [3.05, 3.63) is 59.7 Å². The number of anilines is 1. The SMILES string of the molecule is Cc1ccc(C(=O)Nc2cc(C(F)(F)F)ccn2)c(-n2ccnn2)n1. The number of hydrogen-bond acceptors (Lipinski definition) is 5. The molecular formula is C15H11F3N6O. The number of alkyl halides is 3. The van der Waals surface area contributed by atoms with Crippen LogP contribution in [-0.2, 0) is 6.18 Å². The second-order valence-corrected chi connectivity index (χ2v) is 5.05. The maximum Gasteiger partial charge on any atom is 0.416 e. The smallest absolute Gasteiger partial charge is 0.306 e. The lowest BCUT2D eigenvalue weighted by Crippen LogP contribution is -2.18. The van der Waals surface area contributed by atoms with Crippen molar-refractivity contribution in [3.8, 4) is 5.82 Å². The third-order valence-electron chi connectivity index (χ3n) is 3.23. The first-order chi connectivity index (χ1) is 11.8. The molecule has 3 aromatic rings. The average molecular weight is 348 g/mol. The summed E-state index contributed by atoms with van der Waals surface area (Å²) >= 11 is 0. The normalized spacial score (nSPS) is 11.4. The number of nitrogens with one attached hydrogen (secondary N) is 1. The monoisotopic (exact) mass is 348 g/mol. The lowest BCUT2D eigenvalue weighted by molar-refractivity contribution is -0.137. The number of hydrogen-bond donors (Lipinski definition) is 1. The summed E-state index contributed by atoms with van der Waals surface area (Å²) in [4.78, 5) is 20.4. The Kier molecular flexibility index (Phi) is 4.17. The zero-order valence-corrected chi connectivity index (χ0v) is 12.8. The molecule has 0 radical (unpaired) electrons. The fourth-order valence-corrected chi connectivity index (χ4v) is 2.07. The van der Waals surface area contributed by atoms with Crippen LogP contribution < -0.4 is 5.32 Å². The molecule has 7 nitrogen and oxygen atoms in total. The number of carbonyl (C=O) groups is 1. The van der Waals surface area contributed by atoms with E-state index in [0.717, 1.165) is 18.3 Å². The van der Waals surface area contributed by atoms with Crippen molar-refractivity contribution in [1.82, 2.24) is 25.0 Å². The topological polar surface area (TPSA) is 85.6 Å². The first-order valence-corrected chi connectivity index (χ1v) is 7.03. The number of rotatable bonds is 3. The molecule has 25 heavy (non-hydrogen) atoms. The lowest BCUT2D eigenvalue weighted by Gasteiger charge is -2.11. The standard InChI is InChI=1S/C15H11F3N6O/c1-9-2-3-11(13(21-9)24-7-6-20-23-24)14(25)22-12-8-10(4-5-19-12)15(16,17)18/h2-8H,1H3,(H,19,22,25). The molecule has 1 N–H and O–H groups in total. The van der Waals surface area contributed by atoms with Crippen molar-refractivity contribution < 1.29 is 18.0 Å². The van der Waals surface area contributed by atoms with E-state index in [1.165, 1.54) is 23.1 Å².